The largest absolute Gasteiger partial charge is 0.375 e. The highest BCUT2D eigenvalue weighted by molar-refractivity contribution is 8.14. The second-order valence-electron chi connectivity index (χ2n) is 7.70. The van der Waals surface area contributed by atoms with E-state index in [4.69, 9.17) is 4.74 Å². The normalized spacial score (nSPS) is 24.0. The van der Waals surface area contributed by atoms with E-state index >= 15 is 0 Å². The van der Waals surface area contributed by atoms with Crippen molar-refractivity contribution in [1.29, 1.82) is 0 Å². The number of nitrogens with one attached hydrogen (secondary N) is 1. The molecular weight excluding hydrogens is 391 g/mol. The number of thioether (sulfide) groups is 1. The fraction of sp³-hybridized carbons (Fsp3) is 0.474. The first-order valence-electron chi connectivity index (χ1n) is 9.01. The Hall–Kier alpha value is -2.00. The number of hydrogen-bond donors (Lipinski definition) is 1. The van der Waals surface area contributed by atoms with Crippen molar-refractivity contribution in [2.45, 2.75) is 50.5 Å². The van der Waals surface area contributed by atoms with Crippen molar-refractivity contribution in [3.63, 3.8) is 0 Å². The lowest BCUT2D eigenvalue weighted by molar-refractivity contribution is -0.0705. The van der Waals surface area contributed by atoms with E-state index in [2.05, 4.69) is 10.1 Å². The summed E-state index contributed by atoms with van der Waals surface area (Å²) in [5.41, 5.74) is -0.568. The molecular formula is C19H20F3N3O2S. The van der Waals surface area contributed by atoms with Gasteiger partial charge >= 0.3 is 0 Å². The Morgan fingerprint density at radius 2 is 2.04 bits per heavy atom. The number of aliphatic imine (C=N–C) groups is 1. The third-order valence-electron chi connectivity index (χ3n) is 5.13. The summed E-state index contributed by atoms with van der Waals surface area (Å²) in [6, 6.07) is 2.03. The van der Waals surface area contributed by atoms with Gasteiger partial charge in [0.1, 0.15) is 0 Å². The predicted molar refractivity (Wildman–Crippen MR) is 102 cm³/mol. The minimum absolute atomic E-state index is 0.0321. The van der Waals surface area contributed by atoms with Crippen LogP contribution in [0.5, 0.6) is 0 Å². The van der Waals surface area contributed by atoms with Crippen LogP contribution in [0, 0.1) is 17.5 Å². The lowest BCUT2D eigenvalue weighted by atomic mass is 9.94. The fourth-order valence-electron chi connectivity index (χ4n) is 3.86. The lowest BCUT2D eigenvalue weighted by Gasteiger charge is -2.36. The molecule has 2 atom stereocenters. The second-order valence-corrected chi connectivity index (χ2v) is 8.99. The van der Waals surface area contributed by atoms with E-state index in [0.717, 1.165) is 17.8 Å². The molecule has 4 rings (SSSR count). The smallest absolute Gasteiger partial charge is 0.271 e. The number of hydrogen-bond acceptors (Lipinski definition) is 4. The zero-order valence-corrected chi connectivity index (χ0v) is 16.5. The predicted octanol–water partition coefficient (Wildman–Crippen LogP) is 4.61. The van der Waals surface area contributed by atoms with Gasteiger partial charge < -0.3 is 4.74 Å². The maximum atomic E-state index is 14.5. The van der Waals surface area contributed by atoms with Crippen LogP contribution in [0.2, 0.25) is 0 Å². The van der Waals surface area contributed by atoms with Crippen LogP contribution in [0.4, 0.5) is 19.0 Å². The van der Waals surface area contributed by atoms with Crippen LogP contribution in [0.25, 0.3) is 0 Å². The molecule has 1 aromatic heterocycles. The molecule has 2 aromatic rings. The summed E-state index contributed by atoms with van der Waals surface area (Å²) in [7, 11) is 0. The highest BCUT2D eigenvalue weighted by Crippen LogP contribution is 2.46. The van der Waals surface area contributed by atoms with Crippen molar-refractivity contribution in [2.75, 3.05) is 6.61 Å². The van der Waals surface area contributed by atoms with Crippen LogP contribution in [-0.4, -0.2) is 27.0 Å². The van der Waals surface area contributed by atoms with Gasteiger partial charge in [-0.3, -0.25) is 14.6 Å². The monoisotopic (exact) mass is 411 g/mol. The van der Waals surface area contributed by atoms with Crippen molar-refractivity contribution in [3.05, 3.63) is 51.1 Å². The molecule has 0 amide bonds. The Balaban J connectivity index is 1.83. The number of halogens is 3. The lowest BCUT2D eigenvalue weighted by Crippen LogP contribution is -2.35. The summed E-state index contributed by atoms with van der Waals surface area (Å²) >= 11 is 1.15. The second kappa shape index (κ2) is 6.81. The van der Waals surface area contributed by atoms with Gasteiger partial charge in [-0.2, -0.15) is 0 Å². The molecule has 150 valence electrons. The first kappa shape index (κ1) is 19.3. The highest BCUT2D eigenvalue weighted by Gasteiger charge is 2.37. The molecule has 1 fully saturated rings. The first-order chi connectivity index (χ1) is 13.2. The Morgan fingerprint density at radius 1 is 1.29 bits per heavy atom. The molecule has 1 aromatic carbocycles. The van der Waals surface area contributed by atoms with Gasteiger partial charge in [-0.15, -0.1) is 0 Å². The maximum absolute atomic E-state index is 14.5. The zero-order chi connectivity index (χ0) is 20.2. The average molecular weight is 411 g/mol. The summed E-state index contributed by atoms with van der Waals surface area (Å²) in [6.45, 7) is 6.26. The van der Waals surface area contributed by atoms with Crippen molar-refractivity contribution in [3.8, 4) is 0 Å². The number of H-pyrrole nitrogens is 1. The zero-order valence-electron chi connectivity index (χ0n) is 15.7. The van der Waals surface area contributed by atoms with Crippen LogP contribution < -0.4 is 5.56 Å². The summed E-state index contributed by atoms with van der Waals surface area (Å²) in [4.78, 5) is 17.3. The van der Waals surface area contributed by atoms with E-state index in [1.165, 1.54) is 6.07 Å². The third-order valence-corrected chi connectivity index (χ3v) is 6.29. The van der Waals surface area contributed by atoms with E-state index in [0.29, 0.717) is 30.3 Å². The maximum Gasteiger partial charge on any atom is 0.271 e. The number of ether oxygens (including phenoxy) is 1. The van der Waals surface area contributed by atoms with Crippen LogP contribution in [-0.2, 0) is 4.74 Å². The summed E-state index contributed by atoms with van der Waals surface area (Å²) in [6.07, 6.45) is 1.38. The molecule has 3 heterocycles. The minimum Gasteiger partial charge on any atom is -0.375 e. The van der Waals surface area contributed by atoms with Gasteiger partial charge in [-0.1, -0.05) is 17.8 Å². The molecule has 28 heavy (non-hydrogen) atoms. The highest BCUT2D eigenvalue weighted by atomic mass is 32.2. The molecule has 0 bridgehead atoms. The average Bonchev–Trinajstić information content (AvgIpc) is 2.95. The van der Waals surface area contributed by atoms with Crippen LogP contribution in [0.3, 0.4) is 0 Å². The molecule has 0 aliphatic carbocycles. The molecule has 9 heteroatoms. The SMILES string of the molecule is CC1=Nc2c(c(=O)[nH]n2[C@H]2CCOC(C)(C)C2)[C@H](c2ccc(F)c(F)c2F)S1. The molecule has 0 radical (unpaired) electrons. The van der Waals surface area contributed by atoms with E-state index in [9.17, 15) is 18.0 Å². The van der Waals surface area contributed by atoms with Gasteiger partial charge in [-0.05, 0) is 39.7 Å². The van der Waals surface area contributed by atoms with Gasteiger partial charge in [0, 0.05) is 12.2 Å². The van der Waals surface area contributed by atoms with Gasteiger partial charge in [0.15, 0.2) is 23.3 Å². The molecule has 5 nitrogen and oxygen atoms in total. The topological polar surface area (TPSA) is 59.4 Å². The number of rotatable bonds is 2. The molecule has 0 unspecified atom stereocenters. The molecule has 2 aliphatic rings. The van der Waals surface area contributed by atoms with Gasteiger partial charge in [-0.25, -0.2) is 18.2 Å². The molecule has 2 aliphatic heterocycles. The van der Waals surface area contributed by atoms with Crippen molar-refractivity contribution in [2.24, 2.45) is 4.99 Å². The van der Waals surface area contributed by atoms with Crippen molar-refractivity contribution in [1.82, 2.24) is 9.78 Å². The van der Waals surface area contributed by atoms with Crippen molar-refractivity contribution >= 4 is 22.6 Å². The number of aromatic nitrogens is 2. The molecule has 1 N–H and O–H groups in total. The van der Waals surface area contributed by atoms with E-state index in [1.54, 1.807) is 11.6 Å². The quantitative estimate of drug-likeness (QED) is 0.735. The minimum atomic E-state index is -1.54. The summed E-state index contributed by atoms with van der Waals surface area (Å²) < 4.78 is 49.1. The molecule has 0 saturated carbocycles. The van der Waals surface area contributed by atoms with Gasteiger partial charge in [0.2, 0.25) is 0 Å². The number of benzene rings is 1. The van der Waals surface area contributed by atoms with Crippen LogP contribution >= 0.6 is 11.8 Å². The van der Waals surface area contributed by atoms with Gasteiger partial charge in [0.05, 0.1) is 27.5 Å². The Kier molecular flexibility index (Phi) is 4.70. The molecule has 0 spiro atoms. The summed E-state index contributed by atoms with van der Waals surface area (Å²) in [5.74, 6) is -3.67. The van der Waals surface area contributed by atoms with E-state index in [1.807, 2.05) is 13.8 Å². The number of nitrogens with zero attached hydrogens (tertiary/aromatic N) is 2. The standard InChI is InChI=1S/C19H20F3N3O2S/c1-9-23-17-13(16(28-9)11-4-5-12(20)15(22)14(11)21)18(26)24-25(17)10-6-7-27-19(2,3)8-10/h4-5,10,16H,6-8H2,1-3H3,(H,24,26)/t10-,16-/m0/s1. The number of fused-ring (bicyclic) bond motifs is 1. The third kappa shape index (κ3) is 3.20. The Bertz CT molecular complexity index is 1030. The van der Waals surface area contributed by atoms with E-state index < -0.39 is 28.3 Å². The fourth-order valence-corrected chi connectivity index (χ4v) is 4.98. The summed E-state index contributed by atoms with van der Waals surface area (Å²) in [5, 5.41) is 2.63. The van der Waals surface area contributed by atoms with E-state index in [-0.39, 0.29) is 22.8 Å². The van der Waals surface area contributed by atoms with Crippen LogP contribution in [0.1, 0.15) is 56.0 Å². The van der Waals surface area contributed by atoms with Crippen molar-refractivity contribution < 1.29 is 17.9 Å². The van der Waals surface area contributed by atoms with Gasteiger partial charge in [0.25, 0.3) is 5.56 Å². The number of aromatic amines is 1. The Morgan fingerprint density at radius 3 is 2.75 bits per heavy atom. The van der Waals surface area contributed by atoms with Crippen LogP contribution in [0.15, 0.2) is 21.9 Å². The molecule has 1 saturated heterocycles. The first-order valence-corrected chi connectivity index (χ1v) is 9.89. The Labute approximate surface area is 164 Å².